The highest BCUT2D eigenvalue weighted by molar-refractivity contribution is 4.78. The van der Waals surface area contributed by atoms with Gasteiger partial charge in [-0.15, -0.1) is 0 Å². The van der Waals surface area contributed by atoms with Gasteiger partial charge in [-0.1, -0.05) is 13.8 Å². The smallest absolute Gasteiger partial charge is 0.0700 e. The van der Waals surface area contributed by atoms with E-state index in [1.54, 1.807) is 7.11 Å². The summed E-state index contributed by atoms with van der Waals surface area (Å²) in [7, 11) is 1.67. The van der Waals surface area contributed by atoms with Crippen molar-refractivity contribution in [3.63, 3.8) is 0 Å². The highest BCUT2D eigenvalue weighted by Gasteiger charge is 2.16. The summed E-state index contributed by atoms with van der Waals surface area (Å²) < 4.78 is 10.2. The number of rotatable bonds is 10. The minimum Gasteiger partial charge on any atom is -0.382 e. The van der Waals surface area contributed by atoms with Crippen LogP contribution in [0.1, 0.15) is 26.7 Å². The standard InChI is InChI=1S/C12H24N2O2/c1-12(2,5-4-6-13)11-14-7-8-16-10-9-15-3/h14H,4-5,7-11H2,1-3H3. The maximum atomic E-state index is 8.52. The molecule has 4 nitrogen and oxygen atoms in total. The van der Waals surface area contributed by atoms with Crippen LogP contribution in [0, 0.1) is 16.7 Å². The van der Waals surface area contributed by atoms with Crippen molar-refractivity contribution in [2.24, 2.45) is 5.41 Å². The zero-order valence-electron chi connectivity index (χ0n) is 10.7. The van der Waals surface area contributed by atoms with Gasteiger partial charge in [-0.25, -0.2) is 0 Å². The molecule has 0 fully saturated rings. The quantitative estimate of drug-likeness (QED) is 0.577. The fourth-order valence-electron chi connectivity index (χ4n) is 1.30. The van der Waals surface area contributed by atoms with Gasteiger partial charge in [-0.2, -0.15) is 5.26 Å². The third-order valence-electron chi connectivity index (χ3n) is 2.37. The molecule has 0 saturated heterocycles. The molecule has 0 aromatic heterocycles. The molecule has 0 radical (unpaired) electrons. The molecule has 0 aromatic carbocycles. The van der Waals surface area contributed by atoms with E-state index < -0.39 is 0 Å². The SMILES string of the molecule is COCCOCCNCC(C)(C)CCC#N. The first-order valence-corrected chi connectivity index (χ1v) is 5.77. The lowest BCUT2D eigenvalue weighted by Gasteiger charge is -2.23. The summed E-state index contributed by atoms with van der Waals surface area (Å²) in [4.78, 5) is 0. The van der Waals surface area contributed by atoms with E-state index in [2.05, 4.69) is 25.2 Å². The zero-order chi connectivity index (χ0) is 12.3. The van der Waals surface area contributed by atoms with Gasteiger partial charge in [-0.05, 0) is 11.8 Å². The Bertz CT molecular complexity index is 200. The highest BCUT2D eigenvalue weighted by atomic mass is 16.5. The van der Waals surface area contributed by atoms with E-state index >= 15 is 0 Å². The summed E-state index contributed by atoms with van der Waals surface area (Å²) in [5.74, 6) is 0. The molecule has 0 aliphatic rings. The van der Waals surface area contributed by atoms with Crippen LogP contribution in [0.5, 0.6) is 0 Å². The number of hydrogen-bond donors (Lipinski definition) is 1. The Balaban J connectivity index is 3.33. The van der Waals surface area contributed by atoms with Gasteiger partial charge in [0.05, 0.1) is 25.9 Å². The molecule has 1 N–H and O–H groups in total. The number of ether oxygens (including phenoxy) is 2. The van der Waals surface area contributed by atoms with Crippen LogP contribution in [-0.2, 0) is 9.47 Å². The average Bonchev–Trinajstić information content (AvgIpc) is 2.25. The van der Waals surface area contributed by atoms with E-state index in [9.17, 15) is 0 Å². The second-order valence-electron chi connectivity index (χ2n) is 4.60. The predicted octanol–water partition coefficient (Wildman–Crippen LogP) is 1.57. The minimum atomic E-state index is 0.183. The van der Waals surface area contributed by atoms with Crippen LogP contribution < -0.4 is 5.32 Å². The molecule has 0 atom stereocenters. The van der Waals surface area contributed by atoms with Crippen LogP contribution in [0.4, 0.5) is 0 Å². The summed E-state index contributed by atoms with van der Waals surface area (Å²) in [6, 6.07) is 2.18. The molecule has 0 spiro atoms. The van der Waals surface area contributed by atoms with Crippen LogP contribution in [-0.4, -0.2) is 40.0 Å². The van der Waals surface area contributed by atoms with Crippen LogP contribution in [0.25, 0.3) is 0 Å². The highest BCUT2D eigenvalue weighted by Crippen LogP contribution is 2.20. The van der Waals surface area contributed by atoms with Crippen molar-refractivity contribution < 1.29 is 9.47 Å². The number of methoxy groups -OCH3 is 1. The molecule has 0 bridgehead atoms. The topological polar surface area (TPSA) is 54.3 Å². The summed E-state index contributed by atoms with van der Waals surface area (Å²) in [6.45, 7) is 8.11. The average molecular weight is 228 g/mol. The van der Waals surface area contributed by atoms with Crippen molar-refractivity contribution in [1.82, 2.24) is 5.32 Å². The third kappa shape index (κ3) is 9.91. The molecule has 0 aliphatic carbocycles. The van der Waals surface area contributed by atoms with E-state index in [-0.39, 0.29) is 5.41 Å². The Morgan fingerprint density at radius 1 is 1.25 bits per heavy atom. The van der Waals surface area contributed by atoms with E-state index in [1.807, 2.05) is 0 Å². The number of nitrogens with zero attached hydrogens (tertiary/aromatic N) is 1. The molecule has 94 valence electrons. The third-order valence-corrected chi connectivity index (χ3v) is 2.37. The lowest BCUT2D eigenvalue weighted by molar-refractivity contribution is 0.0711. The van der Waals surface area contributed by atoms with Gasteiger partial charge < -0.3 is 14.8 Å². The monoisotopic (exact) mass is 228 g/mol. The van der Waals surface area contributed by atoms with Gasteiger partial charge in [-0.3, -0.25) is 0 Å². The van der Waals surface area contributed by atoms with E-state index in [1.165, 1.54) is 0 Å². The molecule has 0 rings (SSSR count). The number of hydrogen-bond acceptors (Lipinski definition) is 4. The van der Waals surface area contributed by atoms with E-state index in [0.717, 1.165) is 19.5 Å². The van der Waals surface area contributed by atoms with Crippen molar-refractivity contribution in [2.75, 3.05) is 40.0 Å². The van der Waals surface area contributed by atoms with Crippen LogP contribution in [0.2, 0.25) is 0 Å². The second kappa shape index (κ2) is 9.59. The van der Waals surface area contributed by atoms with Crippen LogP contribution >= 0.6 is 0 Å². The summed E-state index contributed by atoms with van der Waals surface area (Å²) in [6.07, 6.45) is 1.56. The van der Waals surface area contributed by atoms with Gasteiger partial charge >= 0.3 is 0 Å². The Hall–Kier alpha value is -0.630. The fourth-order valence-corrected chi connectivity index (χ4v) is 1.30. The predicted molar refractivity (Wildman–Crippen MR) is 64.2 cm³/mol. The lowest BCUT2D eigenvalue weighted by atomic mass is 9.88. The molecular formula is C12H24N2O2. The molecule has 16 heavy (non-hydrogen) atoms. The fraction of sp³-hybridized carbons (Fsp3) is 0.917. The zero-order valence-corrected chi connectivity index (χ0v) is 10.7. The van der Waals surface area contributed by atoms with Gasteiger partial charge in [0, 0.05) is 26.6 Å². The Kier molecular flexibility index (Phi) is 9.21. The maximum absolute atomic E-state index is 8.52. The van der Waals surface area contributed by atoms with Crippen molar-refractivity contribution in [3.8, 4) is 6.07 Å². The molecule has 0 unspecified atom stereocenters. The van der Waals surface area contributed by atoms with Crippen LogP contribution in [0.15, 0.2) is 0 Å². The molecule has 0 aromatic rings. The molecule has 0 heterocycles. The molecular weight excluding hydrogens is 204 g/mol. The summed E-state index contributed by atoms with van der Waals surface area (Å²) in [5, 5.41) is 11.9. The van der Waals surface area contributed by atoms with Gasteiger partial charge in [0.1, 0.15) is 0 Å². The van der Waals surface area contributed by atoms with Gasteiger partial charge in [0.2, 0.25) is 0 Å². The molecule has 4 heteroatoms. The van der Waals surface area contributed by atoms with Crippen molar-refractivity contribution in [2.45, 2.75) is 26.7 Å². The first kappa shape index (κ1) is 15.4. The normalized spacial score (nSPS) is 11.4. The second-order valence-corrected chi connectivity index (χ2v) is 4.60. The lowest BCUT2D eigenvalue weighted by Crippen LogP contribution is -2.31. The Labute approximate surface area is 98.9 Å². The molecule has 0 amide bonds. The largest absolute Gasteiger partial charge is 0.382 e. The van der Waals surface area contributed by atoms with Gasteiger partial charge in [0.25, 0.3) is 0 Å². The first-order valence-electron chi connectivity index (χ1n) is 5.77. The van der Waals surface area contributed by atoms with E-state index in [4.69, 9.17) is 14.7 Å². The van der Waals surface area contributed by atoms with Gasteiger partial charge in [0.15, 0.2) is 0 Å². The van der Waals surface area contributed by atoms with Crippen molar-refractivity contribution in [3.05, 3.63) is 0 Å². The number of nitriles is 1. The minimum absolute atomic E-state index is 0.183. The molecule has 0 aliphatic heterocycles. The Morgan fingerprint density at radius 3 is 2.62 bits per heavy atom. The first-order chi connectivity index (χ1) is 7.62. The maximum Gasteiger partial charge on any atom is 0.0700 e. The molecule has 0 saturated carbocycles. The van der Waals surface area contributed by atoms with Crippen molar-refractivity contribution >= 4 is 0 Å². The summed E-state index contributed by atoms with van der Waals surface area (Å²) >= 11 is 0. The summed E-state index contributed by atoms with van der Waals surface area (Å²) in [5.41, 5.74) is 0.183. The van der Waals surface area contributed by atoms with Crippen molar-refractivity contribution in [1.29, 1.82) is 5.26 Å². The van der Waals surface area contributed by atoms with Crippen LogP contribution in [0.3, 0.4) is 0 Å². The van der Waals surface area contributed by atoms with E-state index in [0.29, 0.717) is 26.2 Å². The Morgan fingerprint density at radius 2 is 2.00 bits per heavy atom. The number of nitrogens with one attached hydrogen (secondary N) is 1.